The molecule has 0 aromatic heterocycles. The van der Waals surface area contributed by atoms with Gasteiger partial charge in [-0.25, -0.2) is 0 Å². The molecule has 0 bridgehead atoms. The number of unbranched alkanes of at least 4 members (excludes halogenated alkanes) is 11. The van der Waals surface area contributed by atoms with Crippen LogP contribution in [0.3, 0.4) is 0 Å². The lowest BCUT2D eigenvalue weighted by Crippen LogP contribution is -2.25. The zero-order chi connectivity index (χ0) is 34.4. The van der Waals surface area contributed by atoms with Gasteiger partial charge in [0, 0.05) is 36.2 Å². The Morgan fingerprint density at radius 3 is 1.83 bits per heavy atom. The maximum atomic E-state index is 13.5. The Morgan fingerprint density at radius 2 is 1.19 bits per heavy atom. The molecule has 3 N–H and O–H groups in total. The molecular weight excluding hydrogens is 598 g/mol. The van der Waals surface area contributed by atoms with Gasteiger partial charge >= 0.3 is 0 Å². The average molecular weight is 654 g/mol. The molecule has 3 amide bonds. The zero-order valence-electron chi connectivity index (χ0n) is 29.1. The molecular formula is C41H55N3O4. The molecule has 0 atom stereocenters. The topological polar surface area (TPSA) is 104 Å². The van der Waals surface area contributed by atoms with Gasteiger partial charge in [0.05, 0.1) is 12.1 Å². The first-order valence-corrected chi connectivity index (χ1v) is 18.0. The highest BCUT2D eigenvalue weighted by molar-refractivity contribution is 6.14. The van der Waals surface area contributed by atoms with Gasteiger partial charge in [-0.15, -0.1) is 0 Å². The minimum atomic E-state index is -0.256. The summed E-state index contributed by atoms with van der Waals surface area (Å²) in [5.74, 6) is -0.669. The van der Waals surface area contributed by atoms with E-state index in [1.165, 1.54) is 64.2 Å². The minimum absolute atomic E-state index is 0.0339. The van der Waals surface area contributed by atoms with E-state index >= 15 is 0 Å². The van der Waals surface area contributed by atoms with E-state index in [0.717, 1.165) is 24.0 Å². The van der Waals surface area contributed by atoms with Gasteiger partial charge in [-0.2, -0.15) is 0 Å². The normalized spacial score (nSPS) is 10.8. The van der Waals surface area contributed by atoms with Crippen molar-refractivity contribution in [2.75, 3.05) is 17.2 Å². The summed E-state index contributed by atoms with van der Waals surface area (Å²) in [6.45, 7) is 4.68. The third-order valence-corrected chi connectivity index (χ3v) is 8.50. The Bertz CT molecular complexity index is 1420. The van der Waals surface area contributed by atoms with Crippen molar-refractivity contribution in [2.24, 2.45) is 0 Å². The summed E-state index contributed by atoms with van der Waals surface area (Å²) in [5, 5.41) is 8.67. The summed E-state index contributed by atoms with van der Waals surface area (Å²) in [7, 11) is 0. The molecule has 3 aromatic carbocycles. The summed E-state index contributed by atoms with van der Waals surface area (Å²) in [5.41, 5.74) is 3.61. The smallest absolute Gasteiger partial charge is 0.228 e. The van der Waals surface area contributed by atoms with Crippen LogP contribution in [0.15, 0.2) is 72.8 Å². The van der Waals surface area contributed by atoms with Gasteiger partial charge in [0.2, 0.25) is 17.7 Å². The van der Waals surface area contributed by atoms with E-state index in [2.05, 4.69) is 22.9 Å². The lowest BCUT2D eigenvalue weighted by molar-refractivity contribution is -0.121. The van der Waals surface area contributed by atoms with E-state index in [4.69, 9.17) is 0 Å². The van der Waals surface area contributed by atoms with Crippen LogP contribution < -0.4 is 16.0 Å². The van der Waals surface area contributed by atoms with Gasteiger partial charge in [-0.3, -0.25) is 19.2 Å². The Balaban J connectivity index is 1.39. The second-order valence-electron chi connectivity index (χ2n) is 12.8. The average Bonchev–Trinajstić information content (AvgIpc) is 3.09. The number of carbonyl (C=O) groups is 4. The summed E-state index contributed by atoms with van der Waals surface area (Å²) < 4.78 is 0. The number of carbonyl (C=O) groups excluding carboxylic acids is 4. The molecule has 3 aromatic rings. The molecule has 0 fully saturated rings. The molecule has 0 heterocycles. The van der Waals surface area contributed by atoms with Crippen molar-refractivity contribution < 1.29 is 19.2 Å². The second kappa shape index (κ2) is 22.3. The lowest BCUT2D eigenvalue weighted by Gasteiger charge is -2.14. The molecule has 0 aliphatic rings. The first-order chi connectivity index (χ1) is 23.4. The van der Waals surface area contributed by atoms with Crippen molar-refractivity contribution in [3.63, 3.8) is 0 Å². The van der Waals surface area contributed by atoms with E-state index in [-0.39, 0.29) is 36.3 Å². The number of ketones is 1. The fourth-order valence-electron chi connectivity index (χ4n) is 5.66. The van der Waals surface area contributed by atoms with Crippen molar-refractivity contribution in [1.82, 2.24) is 5.32 Å². The zero-order valence-corrected chi connectivity index (χ0v) is 29.1. The van der Waals surface area contributed by atoms with Crippen LogP contribution in [0.4, 0.5) is 11.4 Å². The molecule has 0 saturated heterocycles. The standard InChI is InChI=1S/C41H55N3O4/c1-3-4-5-6-7-8-9-10-11-12-13-17-21-38(45)42-29-18-22-39(46)43-35-27-28-37(36(31-35)41(48)34-19-15-14-16-20-34)44-40(47)30-33-25-23-32(2)24-26-33/h14-16,19-20,23-28,31H,3-13,17-18,21-22,29-30H2,1-2H3,(H,42,45)(H,43,46)(H,44,47). The molecule has 0 radical (unpaired) electrons. The van der Waals surface area contributed by atoms with Crippen molar-refractivity contribution in [2.45, 2.75) is 117 Å². The Morgan fingerprint density at radius 1 is 0.583 bits per heavy atom. The Kier molecular flexibility index (Phi) is 17.8. The molecule has 258 valence electrons. The second-order valence-corrected chi connectivity index (χ2v) is 12.8. The van der Waals surface area contributed by atoms with Gasteiger partial charge < -0.3 is 16.0 Å². The number of hydrogen-bond acceptors (Lipinski definition) is 4. The quantitative estimate of drug-likeness (QED) is 0.0701. The van der Waals surface area contributed by atoms with Crippen molar-refractivity contribution >= 4 is 34.9 Å². The molecule has 0 unspecified atom stereocenters. The number of rotatable bonds is 23. The van der Waals surface area contributed by atoms with Crippen LogP contribution in [0.5, 0.6) is 0 Å². The van der Waals surface area contributed by atoms with Crippen molar-refractivity contribution in [1.29, 1.82) is 0 Å². The van der Waals surface area contributed by atoms with Crippen molar-refractivity contribution in [3.05, 3.63) is 95.1 Å². The third kappa shape index (κ3) is 15.1. The number of aryl methyl sites for hydroxylation is 1. The van der Waals surface area contributed by atoms with Gasteiger partial charge in [-0.05, 0) is 43.5 Å². The largest absolute Gasteiger partial charge is 0.356 e. The number of nitrogens with one attached hydrogen (secondary N) is 3. The molecule has 0 aliphatic carbocycles. The van der Waals surface area contributed by atoms with E-state index in [9.17, 15) is 19.2 Å². The molecule has 48 heavy (non-hydrogen) atoms. The predicted octanol–water partition coefficient (Wildman–Crippen LogP) is 9.33. The van der Waals surface area contributed by atoms with Crippen LogP contribution in [-0.2, 0) is 20.8 Å². The lowest BCUT2D eigenvalue weighted by atomic mass is 10.0. The van der Waals surface area contributed by atoms with Crippen LogP contribution in [0.1, 0.15) is 130 Å². The maximum absolute atomic E-state index is 13.5. The van der Waals surface area contributed by atoms with Crippen LogP contribution in [0.25, 0.3) is 0 Å². The Labute approximate surface area is 287 Å². The molecule has 0 saturated carbocycles. The van der Waals surface area contributed by atoms with E-state index in [1.807, 2.05) is 37.3 Å². The maximum Gasteiger partial charge on any atom is 0.228 e. The number of hydrogen-bond donors (Lipinski definition) is 3. The van der Waals surface area contributed by atoms with E-state index in [0.29, 0.717) is 41.9 Å². The summed E-state index contributed by atoms with van der Waals surface area (Å²) in [6, 6.07) is 21.5. The van der Waals surface area contributed by atoms with Crippen molar-refractivity contribution in [3.8, 4) is 0 Å². The number of amides is 3. The molecule has 7 heteroatoms. The van der Waals surface area contributed by atoms with E-state index in [1.54, 1.807) is 42.5 Å². The first kappa shape index (κ1) is 38.2. The molecule has 0 aliphatic heterocycles. The molecule has 7 nitrogen and oxygen atoms in total. The predicted molar refractivity (Wildman–Crippen MR) is 196 cm³/mol. The number of benzene rings is 3. The fourth-order valence-corrected chi connectivity index (χ4v) is 5.66. The highest BCUT2D eigenvalue weighted by Crippen LogP contribution is 2.25. The minimum Gasteiger partial charge on any atom is -0.356 e. The Hall–Kier alpha value is -4.26. The fraction of sp³-hybridized carbons (Fsp3) is 0.463. The molecule has 0 spiro atoms. The highest BCUT2D eigenvalue weighted by Gasteiger charge is 2.17. The van der Waals surface area contributed by atoms with Crippen LogP contribution in [-0.4, -0.2) is 30.0 Å². The SMILES string of the molecule is CCCCCCCCCCCCCCC(=O)NCCCC(=O)Nc1ccc(NC(=O)Cc2ccc(C)cc2)c(C(=O)c2ccccc2)c1. The van der Waals surface area contributed by atoms with Gasteiger partial charge in [0.25, 0.3) is 0 Å². The van der Waals surface area contributed by atoms with Gasteiger partial charge in [0.1, 0.15) is 0 Å². The number of anilines is 2. The van der Waals surface area contributed by atoms with Gasteiger partial charge in [0.15, 0.2) is 5.78 Å². The van der Waals surface area contributed by atoms with Crippen LogP contribution >= 0.6 is 0 Å². The monoisotopic (exact) mass is 653 g/mol. The summed E-state index contributed by atoms with van der Waals surface area (Å²) >= 11 is 0. The first-order valence-electron chi connectivity index (χ1n) is 18.0. The third-order valence-electron chi connectivity index (χ3n) is 8.50. The highest BCUT2D eigenvalue weighted by atomic mass is 16.2. The van der Waals surface area contributed by atoms with Crippen LogP contribution in [0, 0.1) is 6.92 Å². The van der Waals surface area contributed by atoms with Gasteiger partial charge in [-0.1, -0.05) is 138 Å². The summed E-state index contributed by atoms with van der Waals surface area (Å²) in [6.07, 6.45) is 16.6. The molecule has 3 rings (SSSR count). The van der Waals surface area contributed by atoms with E-state index < -0.39 is 0 Å². The van der Waals surface area contributed by atoms with Crippen LogP contribution in [0.2, 0.25) is 0 Å². The summed E-state index contributed by atoms with van der Waals surface area (Å²) in [4.78, 5) is 51.3.